The molecule has 0 unspecified atom stereocenters. The number of rotatable bonds is 5. The fourth-order valence-electron chi connectivity index (χ4n) is 3.17. The molecule has 0 aliphatic rings. The molecule has 0 saturated carbocycles. The number of aromatic nitrogens is 3. The molecule has 0 radical (unpaired) electrons. The van der Waals surface area contributed by atoms with Gasteiger partial charge in [-0.05, 0) is 30.3 Å². The number of nitrogens with zero attached hydrogens (tertiary/aromatic N) is 1. The Labute approximate surface area is 192 Å². The summed E-state index contributed by atoms with van der Waals surface area (Å²) in [6.07, 6.45) is 2.02. The van der Waals surface area contributed by atoms with Gasteiger partial charge >= 0.3 is 5.97 Å². The molecule has 0 aliphatic carbocycles. The molecule has 3 heterocycles. The molecule has 0 aliphatic heterocycles. The third-order valence-corrected chi connectivity index (χ3v) is 6.84. The largest absolute Gasteiger partial charge is 0.481 e. The second-order valence-electron chi connectivity index (χ2n) is 6.96. The lowest BCUT2D eigenvalue weighted by molar-refractivity contribution is -0.136. The van der Waals surface area contributed by atoms with Crippen LogP contribution in [0.15, 0.2) is 75.9 Å². The van der Waals surface area contributed by atoms with Gasteiger partial charge in [0.2, 0.25) is 0 Å². The van der Waals surface area contributed by atoms with Crippen LogP contribution in [0.1, 0.15) is 18.4 Å². The number of carboxylic acids is 1. The first-order valence-corrected chi connectivity index (χ1v) is 11.9. The Bertz CT molecular complexity index is 1420. The van der Waals surface area contributed by atoms with E-state index in [0.717, 1.165) is 38.3 Å². The van der Waals surface area contributed by atoms with Crippen molar-refractivity contribution in [1.82, 2.24) is 15.0 Å². The summed E-state index contributed by atoms with van der Waals surface area (Å²) >= 11 is 3.47. The van der Waals surface area contributed by atoms with Gasteiger partial charge in [0, 0.05) is 44.7 Å². The van der Waals surface area contributed by atoms with E-state index in [1.807, 2.05) is 24.3 Å². The standard InChI is InChI=1S/C21H15N3OS2.C3H6O2/c25-21-20-15(8-9-22-20)16-10-13(6-7-17(16)24-21)18-11-27-19(23-18)12-26-14-4-2-1-3-5-14;1-2-3(4)5/h1-11,22H,12H2,(H,24,25);2H2,1H3,(H,4,5). The van der Waals surface area contributed by atoms with E-state index in [2.05, 4.69) is 45.7 Å². The predicted octanol–water partition coefficient (Wildman–Crippen LogP) is 5.91. The fraction of sp³-hybridized carbons (Fsp3) is 0.125. The minimum atomic E-state index is -0.745. The maximum absolute atomic E-state index is 12.1. The molecule has 8 heteroatoms. The first-order chi connectivity index (χ1) is 15.5. The number of carbonyl (C=O) groups is 1. The Morgan fingerprint density at radius 3 is 2.66 bits per heavy atom. The molecule has 32 heavy (non-hydrogen) atoms. The van der Waals surface area contributed by atoms with E-state index < -0.39 is 5.97 Å². The van der Waals surface area contributed by atoms with Crippen LogP contribution in [0.2, 0.25) is 0 Å². The number of pyridine rings is 1. The van der Waals surface area contributed by atoms with Gasteiger partial charge < -0.3 is 15.1 Å². The second-order valence-corrected chi connectivity index (χ2v) is 8.95. The van der Waals surface area contributed by atoms with Gasteiger partial charge in [0.25, 0.3) is 5.56 Å². The summed E-state index contributed by atoms with van der Waals surface area (Å²) in [5.41, 5.74) is 3.39. The molecular formula is C24H21N3O3S2. The van der Waals surface area contributed by atoms with Crippen molar-refractivity contribution >= 4 is 50.9 Å². The van der Waals surface area contributed by atoms with Gasteiger partial charge in [-0.1, -0.05) is 31.2 Å². The van der Waals surface area contributed by atoms with E-state index in [1.54, 1.807) is 36.2 Å². The van der Waals surface area contributed by atoms with Crippen LogP contribution in [0, 0.1) is 0 Å². The summed E-state index contributed by atoms with van der Waals surface area (Å²) in [6.45, 7) is 1.60. The molecule has 5 aromatic rings. The van der Waals surface area contributed by atoms with E-state index >= 15 is 0 Å². The van der Waals surface area contributed by atoms with Gasteiger partial charge in [-0.25, -0.2) is 4.98 Å². The molecule has 2 aromatic carbocycles. The third-order valence-electron chi connectivity index (χ3n) is 4.79. The first-order valence-electron chi connectivity index (χ1n) is 10.0. The number of thiazole rings is 1. The average Bonchev–Trinajstić information content (AvgIpc) is 3.49. The molecule has 5 rings (SSSR count). The number of aromatic amines is 2. The maximum atomic E-state index is 12.1. The highest BCUT2D eigenvalue weighted by Crippen LogP contribution is 2.30. The van der Waals surface area contributed by atoms with E-state index in [-0.39, 0.29) is 12.0 Å². The average molecular weight is 464 g/mol. The number of nitrogens with one attached hydrogen (secondary N) is 2. The number of hydrogen-bond acceptors (Lipinski definition) is 5. The van der Waals surface area contributed by atoms with Crippen molar-refractivity contribution in [3.05, 3.63) is 81.5 Å². The predicted molar refractivity (Wildman–Crippen MR) is 131 cm³/mol. The van der Waals surface area contributed by atoms with Gasteiger partial charge in [-0.2, -0.15) is 0 Å². The Morgan fingerprint density at radius 1 is 1.12 bits per heavy atom. The smallest absolute Gasteiger partial charge is 0.303 e. The number of aliphatic carboxylic acids is 1. The van der Waals surface area contributed by atoms with Crippen LogP contribution in [0.5, 0.6) is 0 Å². The van der Waals surface area contributed by atoms with Gasteiger partial charge in [0.05, 0.1) is 11.4 Å². The van der Waals surface area contributed by atoms with Gasteiger partial charge in [0.1, 0.15) is 10.5 Å². The fourth-order valence-corrected chi connectivity index (χ4v) is 4.91. The third kappa shape index (κ3) is 4.92. The Morgan fingerprint density at radius 2 is 1.91 bits per heavy atom. The number of H-pyrrole nitrogens is 2. The van der Waals surface area contributed by atoms with Crippen LogP contribution >= 0.6 is 23.1 Å². The molecule has 0 bridgehead atoms. The van der Waals surface area contributed by atoms with Crippen molar-refractivity contribution in [3.63, 3.8) is 0 Å². The molecule has 0 spiro atoms. The number of benzene rings is 2. The Hall–Kier alpha value is -3.36. The summed E-state index contributed by atoms with van der Waals surface area (Å²) < 4.78 is 0. The number of carboxylic acid groups (broad SMARTS) is 1. The monoisotopic (exact) mass is 463 g/mol. The lowest BCUT2D eigenvalue weighted by Gasteiger charge is -2.03. The van der Waals surface area contributed by atoms with Crippen LogP contribution in [-0.2, 0) is 10.5 Å². The van der Waals surface area contributed by atoms with Crippen molar-refractivity contribution in [2.45, 2.75) is 24.0 Å². The highest BCUT2D eigenvalue weighted by Gasteiger charge is 2.10. The van der Waals surface area contributed by atoms with Crippen molar-refractivity contribution in [3.8, 4) is 11.3 Å². The van der Waals surface area contributed by atoms with Crippen LogP contribution in [0.25, 0.3) is 33.1 Å². The maximum Gasteiger partial charge on any atom is 0.303 e. The zero-order valence-corrected chi connectivity index (χ0v) is 18.9. The highest BCUT2D eigenvalue weighted by molar-refractivity contribution is 7.98. The van der Waals surface area contributed by atoms with E-state index in [0.29, 0.717) is 5.52 Å². The van der Waals surface area contributed by atoms with Crippen molar-refractivity contribution < 1.29 is 9.90 Å². The SMILES string of the molecule is CCC(=O)O.O=c1[nH]c2ccc(-c3csc(CSc4ccccc4)n3)cc2c2cc[nH]c12. The van der Waals surface area contributed by atoms with Crippen molar-refractivity contribution in [2.75, 3.05) is 0 Å². The first kappa shape index (κ1) is 21.9. The molecule has 3 aromatic heterocycles. The quantitative estimate of drug-likeness (QED) is 0.282. The molecule has 6 nitrogen and oxygen atoms in total. The Kier molecular flexibility index (Phi) is 6.72. The number of fused-ring (bicyclic) bond motifs is 3. The van der Waals surface area contributed by atoms with Crippen LogP contribution in [0.3, 0.4) is 0 Å². The highest BCUT2D eigenvalue weighted by atomic mass is 32.2. The molecule has 0 saturated heterocycles. The summed E-state index contributed by atoms with van der Waals surface area (Å²) in [6, 6.07) is 18.4. The number of hydrogen-bond donors (Lipinski definition) is 3. The molecule has 0 amide bonds. The normalized spacial score (nSPS) is 10.8. The van der Waals surface area contributed by atoms with Crippen molar-refractivity contribution in [1.29, 1.82) is 0 Å². The van der Waals surface area contributed by atoms with E-state index in [1.165, 1.54) is 4.90 Å². The molecule has 0 atom stereocenters. The molecular weight excluding hydrogens is 442 g/mol. The second kappa shape index (κ2) is 9.84. The Balaban J connectivity index is 0.000000444. The molecule has 162 valence electrons. The number of thioether (sulfide) groups is 1. The van der Waals surface area contributed by atoms with Crippen LogP contribution < -0.4 is 5.56 Å². The zero-order valence-electron chi connectivity index (χ0n) is 17.3. The van der Waals surface area contributed by atoms with Crippen LogP contribution in [0.4, 0.5) is 0 Å². The van der Waals surface area contributed by atoms with Gasteiger partial charge in [-0.15, -0.1) is 23.1 Å². The lowest BCUT2D eigenvalue weighted by atomic mass is 10.1. The minimum Gasteiger partial charge on any atom is -0.481 e. The summed E-state index contributed by atoms with van der Waals surface area (Å²) in [5.74, 6) is 0.113. The molecule has 3 N–H and O–H groups in total. The van der Waals surface area contributed by atoms with E-state index in [9.17, 15) is 9.59 Å². The topological polar surface area (TPSA) is 98.8 Å². The van der Waals surface area contributed by atoms with Crippen LogP contribution in [-0.4, -0.2) is 26.0 Å². The van der Waals surface area contributed by atoms with E-state index in [4.69, 9.17) is 10.1 Å². The summed E-state index contributed by atoms with van der Waals surface area (Å²) in [4.78, 5) is 33.5. The van der Waals surface area contributed by atoms with Crippen molar-refractivity contribution in [2.24, 2.45) is 0 Å². The van der Waals surface area contributed by atoms with Gasteiger partial charge in [0.15, 0.2) is 0 Å². The molecule has 0 fully saturated rings. The minimum absolute atomic E-state index is 0.0934. The lowest BCUT2D eigenvalue weighted by Crippen LogP contribution is -2.05. The summed E-state index contributed by atoms with van der Waals surface area (Å²) in [5, 5.41) is 12.9. The summed E-state index contributed by atoms with van der Waals surface area (Å²) in [7, 11) is 0. The zero-order chi connectivity index (χ0) is 22.5. The van der Waals surface area contributed by atoms with Gasteiger partial charge in [-0.3, -0.25) is 9.59 Å².